The summed E-state index contributed by atoms with van der Waals surface area (Å²) in [4.78, 5) is 16.8. The van der Waals surface area contributed by atoms with Gasteiger partial charge in [0.25, 0.3) is 0 Å². The summed E-state index contributed by atoms with van der Waals surface area (Å²) in [5.74, 6) is -0.766. The predicted molar refractivity (Wildman–Crippen MR) is 65.8 cm³/mol. The van der Waals surface area contributed by atoms with E-state index in [1.54, 1.807) is 11.0 Å². The van der Waals surface area contributed by atoms with E-state index in [0.717, 1.165) is 0 Å². The number of aromatic nitrogens is 1. The van der Waals surface area contributed by atoms with E-state index in [4.69, 9.17) is 4.74 Å². The average Bonchev–Trinajstić information content (AvgIpc) is 2.40. The largest absolute Gasteiger partial charge is 0.385 e. The summed E-state index contributed by atoms with van der Waals surface area (Å²) in [6.07, 6.45) is 1.94. The molecule has 1 N–H and O–H groups in total. The summed E-state index contributed by atoms with van der Waals surface area (Å²) in [6.45, 7) is 0.791. The van der Waals surface area contributed by atoms with Crippen molar-refractivity contribution in [1.29, 1.82) is 0 Å². The second-order valence-electron chi connectivity index (χ2n) is 4.69. The highest BCUT2D eigenvalue weighted by Crippen LogP contribution is 2.33. The number of methoxy groups -OCH3 is 1. The van der Waals surface area contributed by atoms with E-state index in [9.17, 15) is 14.3 Å². The van der Waals surface area contributed by atoms with E-state index < -0.39 is 11.5 Å². The first-order valence-electron chi connectivity index (χ1n) is 6.17. The minimum absolute atomic E-state index is 0.0275. The molecule has 0 saturated carbocycles. The number of piperidine rings is 1. The molecule has 0 unspecified atom stereocenters. The summed E-state index contributed by atoms with van der Waals surface area (Å²) in [7, 11) is 1.46. The average molecular weight is 268 g/mol. The molecule has 1 amide bonds. The molecule has 0 aliphatic carbocycles. The van der Waals surface area contributed by atoms with Crippen LogP contribution in [0, 0.1) is 5.95 Å². The molecule has 1 aliphatic heterocycles. The summed E-state index contributed by atoms with van der Waals surface area (Å²) in [5, 5.41) is 10.5. The fraction of sp³-hybridized carbons (Fsp3) is 0.538. The van der Waals surface area contributed by atoms with Crippen molar-refractivity contribution in [3.8, 4) is 0 Å². The van der Waals surface area contributed by atoms with Gasteiger partial charge in [0.2, 0.25) is 11.9 Å². The standard InChI is InChI=1S/C13H17FN2O3/c1-19-9-11(17)16-7-4-13(18,5-8-16)10-3-2-6-15-12(10)14/h2-3,6,18H,4-5,7-9H2,1H3. The molecule has 2 rings (SSSR count). The third-order valence-corrected chi connectivity index (χ3v) is 3.47. The van der Waals surface area contributed by atoms with Gasteiger partial charge in [-0.25, -0.2) is 4.98 Å². The number of carbonyl (C=O) groups is 1. The molecule has 0 bridgehead atoms. The fourth-order valence-electron chi connectivity index (χ4n) is 2.34. The zero-order valence-electron chi connectivity index (χ0n) is 10.8. The summed E-state index contributed by atoms with van der Waals surface area (Å²) in [5.41, 5.74) is -1.05. The Morgan fingerprint density at radius 2 is 2.26 bits per heavy atom. The van der Waals surface area contributed by atoms with E-state index in [2.05, 4.69) is 4.98 Å². The zero-order chi connectivity index (χ0) is 13.9. The van der Waals surface area contributed by atoms with E-state index in [1.165, 1.54) is 19.4 Å². The van der Waals surface area contributed by atoms with Crippen LogP contribution in [0.15, 0.2) is 18.3 Å². The van der Waals surface area contributed by atoms with Gasteiger partial charge in [0.1, 0.15) is 6.61 Å². The molecule has 1 aromatic heterocycles. The first kappa shape index (κ1) is 13.9. The van der Waals surface area contributed by atoms with Crippen LogP contribution in [0.4, 0.5) is 4.39 Å². The maximum Gasteiger partial charge on any atom is 0.248 e. The highest BCUT2D eigenvalue weighted by atomic mass is 19.1. The highest BCUT2D eigenvalue weighted by Gasteiger charge is 2.37. The first-order valence-corrected chi connectivity index (χ1v) is 6.17. The molecule has 5 nitrogen and oxygen atoms in total. The Morgan fingerprint density at radius 1 is 1.58 bits per heavy atom. The Bertz CT molecular complexity index is 459. The van der Waals surface area contributed by atoms with E-state index in [1.807, 2.05) is 0 Å². The topological polar surface area (TPSA) is 62.7 Å². The van der Waals surface area contributed by atoms with Crippen LogP contribution in [-0.2, 0) is 15.1 Å². The number of halogens is 1. The van der Waals surface area contributed by atoms with Gasteiger partial charge in [-0.1, -0.05) is 6.07 Å². The predicted octanol–water partition coefficient (Wildman–Crippen LogP) is 0.677. The molecule has 0 radical (unpaired) electrons. The van der Waals surface area contributed by atoms with Crippen molar-refractivity contribution in [3.63, 3.8) is 0 Å². The number of nitrogens with zero attached hydrogens (tertiary/aromatic N) is 2. The number of hydrogen-bond acceptors (Lipinski definition) is 4. The van der Waals surface area contributed by atoms with Crippen LogP contribution in [0.2, 0.25) is 0 Å². The molecule has 0 atom stereocenters. The maximum absolute atomic E-state index is 13.6. The lowest BCUT2D eigenvalue weighted by Crippen LogP contribution is -2.46. The Hall–Kier alpha value is -1.53. The molecule has 1 aliphatic rings. The molecule has 104 valence electrons. The minimum Gasteiger partial charge on any atom is -0.385 e. The second-order valence-corrected chi connectivity index (χ2v) is 4.69. The Labute approximate surface area is 111 Å². The second kappa shape index (κ2) is 5.63. The van der Waals surface area contributed by atoms with Gasteiger partial charge in [0, 0.05) is 32.0 Å². The lowest BCUT2D eigenvalue weighted by atomic mass is 9.85. The number of hydrogen-bond donors (Lipinski definition) is 1. The first-order chi connectivity index (χ1) is 9.07. The molecule has 0 spiro atoms. The monoisotopic (exact) mass is 268 g/mol. The van der Waals surface area contributed by atoms with Crippen LogP contribution >= 0.6 is 0 Å². The quantitative estimate of drug-likeness (QED) is 0.819. The van der Waals surface area contributed by atoms with Crippen LogP contribution in [0.1, 0.15) is 18.4 Å². The van der Waals surface area contributed by atoms with Crippen molar-refractivity contribution in [2.45, 2.75) is 18.4 Å². The zero-order valence-corrected chi connectivity index (χ0v) is 10.8. The van der Waals surface area contributed by atoms with Crippen LogP contribution in [0.3, 0.4) is 0 Å². The van der Waals surface area contributed by atoms with Gasteiger partial charge >= 0.3 is 0 Å². The molecule has 1 aromatic rings. The van der Waals surface area contributed by atoms with Crippen molar-refractivity contribution >= 4 is 5.91 Å². The maximum atomic E-state index is 13.6. The number of rotatable bonds is 3. The lowest BCUT2D eigenvalue weighted by Gasteiger charge is -2.38. The number of ether oxygens (including phenoxy) is 1. The van der Waals surface area contributed by atoms with Gasteiger partial charge < -0.3 is 14.7 Å². The number of carbonyl (C=O) groups excluding carboxylic acids is 1. The smallest absolute Gasteiger partial charge is 0.248 e. The molecule has 0 aromatic carbocycles. The summed E-state index contributed by atoms with van der Waals surface area (Å²) < 4.78 is 18.4. The molecule has 1 fully saturated rings. The number of aliphatic hydroxyl groups is 1. The number of amides is 1. The van der Waals surface area contributed by atoms with Crippen molar-refractivity contribution in [1.82, 2.24) is 9.88 Å². The van der Waals surface area contributed by atoms with E-state index in [-0.39, 0.29) is 18.1 Å². The van der Waals surface area contributed by atoms with E-state index >= 15 is 0 Å². The van der Waals surface area contributed by atoms with Crippen molar-refractivity contribution in [2.75, 3.05) is 26.8 Å². The van der Waals surface area contributed by atoms with Crippen LogP contribution in [-0.4, -0.2) is 47.7 Å². The molecule has 1 saturated heterocycles. The summed E-state index contributed by atoms with van der Waals surface area (Å²) >= 11 is 0. The Morgan fingerprint density at radius 3 is 2.84 bits per heavy atom. The van der Waals surface area contributed by atoms with Crippen LogP contribution < -0.4 is 0 Å². The van der Waals surface area contributed by atoms with Gasteiger partial charge in [-0.05, 0) is 18.9 Å². The van der Waals surface area contributed by atoms with E-state index in [0.29, 0.717) is 25.9 Å². The molecular weight excluding hydrogens is 251 g/mol. The number of likely N-dealkylation sites (tertiary alicyclic amines) is 1. The van der Waals surface area contributed by atoms with Crippen LogP contribution in [0.25, 0.3) is 0 Å². The van der Waals surface area contributed by atoms with Crippen molar-refractivity contribution < 1.29 is 19.0 Å². The fourth-order valence-corrected chi connectivity index (χ4v) is 2.34. The normalized spacial score (nSPS) is 18.4. The highest BCUT2D eigenvalue weighted by molar-refractivity contribution is 5.77. The molecule has 6 heteroatoms. The SMILES string of the molecule is COCC(=O)N1CCC(O)(c2cccnc2F)CC1. The van der Waals surface area contributed by atoms with Gasteiger partial charge in [-0.15, -0.1) is 0 Å². The lowest BCUT2D eigenvalue weighted by molar-refractivity contribution is -0.139. The number of pyridine rings is 1. The van der Waals surface area contributed by atoms with Gasteiger partial charge in [-0.3, -0.25) is 4.79 Å². The third kappa shape index (κ3) is 2.90. The molecule has 2 heterocycles. The van der Waals surface area contributed by atoms with Crippen LogP contribution in [0.5, 0.6) is 0 Å². The Balaban J connectivity index is 2.06. The van der Waals surface area contributed by atoms with Gasteiger partial charge in [-0.2, -0.15) is 4.39 Å². The summed E-state index contributed by atoms with van der Waals surface area (Å²) in [6, 6.07) is 3.13. The van der Waals surface area contributed by atoms with Crippen molar-refractivity contribution in [2.24, 2.45) is 0 Å². The van der Waals surface area contributed by atoms with Gasteiger partial charge in [0.15, 0.2) is 0 Å². The minimum atomic E-state index is -1.25. The third-order valence-electron chi connectivity index (χ3n) is 3.47. The Kier molecular flexibility index (Phi) is 4.11. The van der Waals surface area contributed by atoms with Crippen molar-refractivity contribution in [3.05, 3.63) is 29.8 Å². The molecule has 19 heavy (non-hydrogen) atoms. The van der Waals surface area contributed by atoms with Gasteiger partial charge in [0.05, 0.1) is 5.60 Å². The molecular formula is C13H17FN2O3.